The number of fused-ring (bicyclic) bond motifs is 3. The van der Waals surface area contributed by atoms with Gasteiger partial charge in [0.2, 0.25) is 0 Å². The molecule has 0 radical (unpaired) electrons. The highest BCUT2D eigenvalue weighted by molar-refractivity contribution is 7.92. The van der Waals surface area contributed by atoms with Crippen molar-refractivity contribution in [3.63, 3.8) is 0 Å². The molecule has 0 fully saturated rings. The number of carboxylic acids is 1. The second-order valence-electron chi connectivity index (χ2n) is 7.65. The fourth-order valence-electron chi connectivity index (χ4n) is 3.86. The van der Waals surface area contributed by atoms with Gasteiger partial charge in [0, 0.05) is 22.6 Å². The molecule has 0 spiro atoms. The molecule has 8 nitrogen and oxygen atoms in total. The minimum absolute atomic E-state index is 0.0215. The third-order valence-electron chi connectivity index (χ3n) is 5.38. The molecule has 0 amide bonds. The van der Waals surface area contributed by atoms with Gasteiger partial charge in [0.25, 0.3) is 10.0 Å². The van der Waals surface area contributed by atoms with Gasteiger partial charge in [0.05, 0.1) is 22.8 Å². The second-order valence-corrected chi connectivity index (χ2v) is 9.33. The monoisotopic (exact) mass is 481 g/mol. The molecule has 4 rings (SSSR count). The van der Waals surface area contributed by atoms with Gasteiger partial charge >= 0.3 is 11.9 Å². The van der Waals surface area contributed by atoms with Crippen LogP contribution in [0.3, 0.4) is 0 Å². The molecular formula is C25H23NO7S. The van der Waals surface area contributed by atoms with E-state index in [0.717, 1.165) is 6.42 Å². The van der Waals surface area contributed by atoms with Crippen molar-refractivity contribution in [2.45, 2.75) is 31.6 Å². The number of benzene rings is 3. The van der Waals surface area contributed by atoms with Crippen LogP contribution in [-0.2, 0) is 21.2 Å². The van der Waals surface area contributed by atoms with E-state index in [1.54, 1.807) is 37.3 Å². The molecule has 2 N–H and O–H groups in total. The maximum atomic E-state index is 13.1. The first-order valence-electron chi connectivity index (χ1n) is 10.8. The number of rotatable bonds is 8. The Kier molecular flexibility index (Phi) is 6.30. The van der Waals surface area contributed by atoms with E-state index >= 15 is 0 Å². The van der Waals surface area contributed by atoms with Gasteiger partial charge in [-0.25, -0.2) is 18.0 Å². The van der Waals surface area contributed by atoms with Crippen molar-refractivity contribution in [2.75, 3.05) is 11.3 Å². The summed E-state index contributed by atoms with van der Waals surface area (Å²) in [7, 11) is -4.05. The van der Waals surface area contributed by atoms with Crippen molar-refractivity contribution in [3.8, 4) is 0 Å². The molecule has 0 saturated heterocycles. The Bertz CT molecular complexity index is 1500. The number of carbonyl (C=O) groups excluding carboxylic acids is 1. The van der Waals surface area contributed by atoms with E-state index in [2.05, 4.69) is 4.72 Å². The van der Waals surface area contributed by atoms with E-state index in [-0.39, 0.29) is 28.3 Å². The zero-order valence-electron chi connectivity index (χ0n) is 18.6. The molecule has 0 atom stereocenters. The Morgan fingerprint density at radius 2 is 1.68 bits per heavy atom. The first kappa shape index (κ1) is 23.3. The van der Waals surface area contributed by atoms with Gasteiger partial charge in [-0.05, 0) is 43.7 Å². The Hall–Kier alpha value is -3.85. The Labute approximate surface area is 196 Å². The topological polar surface area (TPSA) is 123 Å². The number of anilines is 1. The minimum atomic E-state index is -4.05. The van der Waals surface area contributed by atoms with Crippen LogP contribution >= 0.6 is 0 Å². The average molecular weight is 482 g/mol. The maximum absolute atomic E-state index is 13.1. The third-order valence-corrected chi connectivity index (χ3v) is 6.76. The van der Waals surface area contributed by atoms with E-state index in [1.807, 2.05) is 6.92 Å². The average Bonchev–Trinajstić information content (AvgIpc) is 3.17. The lowest BCUT2D eigenvalue weighted by Crippen LogP contribution is -2.13. The molecule has 0 aliphatic carbocycles. The minimum Gasteiger partial charge on any atom is -0.478 e. The number of carboxylic acid groups (broad SMARTS) is 1. The normalized spacial score (nSPS) is 11.6. The zero-order chi connectivity index (χ0) is 24.5. The summed E-state index contributed by atoms with van der Waals surface area (Å²) in [6, 6.07) is 13.6. The first-order valence-corrected chi connectivity index (χ1v) is 12.3. The molecule has 0 saturated carbocycles. The quantitative estimate of drug-likeness (QED) is 0.331. The molecular weight excluding hydrogens is 458 g/mol. The highest BCUT2D eigenvalue weighted by atomic mass is 32.2. The summed E-state index contributed by atoms with van der Waals surface area (Å²) < 4.78 is 40.2. The van der Waals surface area contributed by atoms with Crippen LogP contribution in [0, 0.1) is 0 Å². The van der Waals surface area contributed by atoms with Crippen molar-refractivity contribution >= 4 is 49.4 Å². The number of aryl methyl sites for hydroxylation is 1. The molecule has 176 valence electrons. The summed E-state index contributed by atoms with van der Waals surface area (Å²) in [4.78, 5) is 23.8. The number of ether oxygens (including phenoxy) is 1. The van der Waals surface area contributed by atoms with E-state index in [4.69, 9.17) is 14.3 Å². The molecule has 1 heterocycles. The van der Waals surface area contributed by atoms with E-state index < -0.39 is 22.0 Å². The molecule has 0 aliphatic rings. The summed E-state index contributed by atoms with van der Waals surface area (Å²) >= 11 is 0. The van der Waals surface area contributed by atoms with E-state index in [1.165, 1.54) is 24.3 Å². The largest absolute Gasteiger partial charge is 0.478 e. The molecule has 1 aromatic heterocycles. The Balaban J connectivity index is 1.90. The van der Waals surface area contributed by atoms with Gasteiger partial charge in [-0.3, -0.25) is 4.72 Å². The lowest BCUT2D eigenvalue weighted by Gasteiger charge is -2.12. The SMILES string of the molecule is CCCc1oc2c(cc(NS(=O)(=O)c3ccc(C(=O)O)cc3)c3ccccc32)c1C(=O)OCC. The molecule has 0 aliphatic heterocycles. The van der Waals surface area contributed by atoms with Crippen molar-refractivity contribution < 1.29 is 32.3 Å². The van der Waals surface area contributed by atoms with Crippen LogP contribution in [0.4, 0.5) is 5.69 Å². The fourth-order valence-corrected chi connectivity index (χ4v) is 4.93. The van der Waals surface area contributed by atoms with E-state index in [0.29, 0.717) is 33.9 Å². The van der Waals surface area contributed by atoms with Crippen LogP contribution in [0.1, 0.15) is 46.7 Å². The van der Waals surface area contributed by atoms with Gasteiger partial charge in [0.15, 0.2) is 0 Å². The summed E-state index contributed by atoms with van der Waals surface area (Å²) in [5.74, 6) is -1.19. The van der Waals surface area contributed by atoms with Crippen molar-refractivity contribution in [1.29, 1.82) is 0 Å². The van der Waals surface area contributed by atoms with Crippen molar-refractivity contribution in [2.24, 2.45) is 0 Å². The number of hydrogen-bond donors (Lipinski definition) is 2. The van der Waals surface area contributed by atoms with E-state index in [9.17, 15) is 18.0 Å². The number of furan rings is 1. The predicted molar refractivity (Wildman–Crippen MR) is 128 cm³/mol. The molecule has 4 aromatic rings. The summed E-state index contributed by atoms with van der Waals surface area (Å²) in [6.07, 6.45) is 1.27. The van der Waals surface area contributed by atoms with Gasteiger partial charge in [0.1, 0.15) is 16.9 Å². The van der Waals surface area contributed by atoms with Gasteiger partial charge < -0.3 is 14.3 Å². The Morgan fingerprint density at radius 3 is 2.29 bits per heavy atom. The number of esters is 1. The second kappa shape index (κ2) is 9.18. The van der Waals surface area contributed by atoms with Gasteiger partial charge in [-0.1, -0.05) is 31.2 Å². The molecule has 9 heteroatoms. The highest BCUT2D eigenvalue weighted by Crippen LogP contribution is 2.38. The van der Waals surface area contributed by atoms with Crippen LogP contribution in [0.25, 0.3) is 21.7 Å². The number of nitrogens with one attached hydrogen (secondary N) is 1. The predicted octanol–water partition coefficient (Wildman–Crippen LogP) is 5.21. The van der Waals surface area contributed by atoms with Gasteiger partial charge in [-0.2, -0.15) is 0 Å². The summed E-state index contributed by atoms with van der Waals surface area (Å²) in [5.41, 5.74) is 1.01. The molecule has 0 bridgehead atoms. The number of carbonyl (C=O) groups is 2. The van der Waals surface area contributed by atoms with Crippen molar-refractivity contribution in [1.82, 2.24) is 0 Å². The standard InChI is InChI=1S/C25H23NO7S/c1-3-7-21-22(25(29)32-4-2)19-14-20(17-8-5-6-9-18(17)23(19)33-21)26-34(30,31)16-12-10-15(11-13-16)24(27)28/h5-6,8-14,26H,3-4,7H2,1-2H3,(H,27,28). The third kappa shape index (κ3) is 4.22. The van der Waals surface area contributed by atoms with Crippen LogP contribution < -0.4 is 4.72 Å². The smallest absolute Gasteiger partial charge is 0.342 e. The molecule has 34 heavy (non-hydrogen) atoms. The van der Waals surface area contributed by atoms with Gasteiger partial charge in [-0.15, -0.1) is 0 Å². The van der Waals surface area contributed by atoms with Crippen LogP contribution in [-0.4, -0.2) is 32.1 Å². The Morgan fingerprint density at radius 1 is 1.00 bits per heavy atom. The molecule has 3 aromatic carbocycles. The summed E-state index contributed by atoms with van der Waals surface area (Å²) in [6.45, 7) is 3.87. The van der Waals surface area contributed by atoms with Crippen LogP contribution in [0.5, 0.6) is 0 Å². The fraction of sp³-hybridized carbons (Fsp3) is 0.200. The first-order chi connectivity index (χ1) is 16.3. The lowest BCUT2D eigenvalue weighted by molar-refractivity contribution is 0.0525. The number of hydrogen-bond acceptors (Lipinski definition) is 6. The number of aromatic carboxylic acids is 1. The van der Waals surface area contributed by atoms with Crippen LogP contribution in [0.2, 0.25) is 0 Å². The maximum Gasteiger partial charge on any atom is 0.342 e. The molecule has 0 unspecified atom stereocenters. The summed E-state index contributed by atoms with van der Waals surface area (Å²) in [5, 5.41) is 10.8. The zero-order valence-corrected chi connectivity index (χ0v) is 19.4. The van der Waals surface area contributed by atoms with Crippen LogP contribution in [0.15, 0.2) is 63.9 Å². The number of sulfonamides is 1. The highest BCUT2D eigenvalue weighted by Gasteiger charge is 2.25. The van der Waals surface area contributed by atoms with Crippen molar-refractivity contribution in [3.05, 3.63) is 71.5 Å². The lowest BCUT2D eigenvalue weighted by atomic mass is 10.0.